The minimum absolute atomic E-state index is 0.271. The number of rotatable bonds is 1. The van der Waals surface area contributed by atoms with Crippen molar-refractivity contribution in [3.8, 4) is 0 Å². The van der Waals surface area contributed by atoms with E-state index in [9.17, 15) is 4.21 Å². The van der Waals surface area contributed by atoms with Gasteiger partial charge in [-0.3, -0.25) is 0 Å². The van der Waals surface area contributed by atoms with Gasteiger partial charge in [0.2, 0.25) is 0 Å². The highest BCUT2D eigenvalue weighted by Crippen LogP contribution is 2.10. The van der Waals surface area contributed by atoms with Crippen LogP contribution in [0, 0.1) is 0 Å². The van der Waals surface area contributed by atoms with Gasteiger partial charge >= 0.3 is 0 Å². The summed E-state index contributed by atoms with van der Waals surface area (Å²) < 4.78 is 19.1. The van der Waals surface area contributed by atoms with Crippen LogP contribution in [-0.4, -0.2) is 14.0 Å². The molecule has 0 aromatic rings. The lowest BCUT2D eigenvalue weighted by atomic mass is 10.1. The fourth-order valence-electron chi connectivity index (χ4n) is 0.767. The van der Waals surface area contributed by atoms with Crippen molar-refractivity contribution in [2.45, 2.75) is 11.7 Å². The van der Waals surface area contributed by atoms with Gasteiger partial charge in [0.25, 0.3) is 0 Å². The van der Waals surface area contributed by atoms with Crippen molar-refractivity contribution in [3.63, 3.8) is 0 Å². The van der Waals surface area contributed by atoms with E-state index in [-0.39, 0.29) is 5.25 Å². The summed E-state index contributed by atoms with van der Waals surface area (Å²) in [6, 6.07) is 0. The van der Waals surface area contributed by atoms with Crippen molar-refractivity contribution in [2.24, 2.45) is 5.73 Å². The Bertz CT molecular complexity index is 210. The SMILES string of the molecule is NC1=CCC(S(=O)O)C=C1. The normalized spacial score (nSPS) is 27.7. The summed E-state index contributed by atoms with van der Waals surface area (Å²) in [4.78, 5) is 0. The van der Waals surface area contributed by atoms with Gasteiger partial charge in [0, 0.05) is 5.70 Å². The Morgan fingerprint density at radius 2 is 2.50 bits per heavy atom. The predicted octanol–water partition coefficient (Wildman–Crippen LogP) is 0.379. The van der Waals surface area contributed by atoms with Gasteiger partial charge in [-0.15, -0.1) is 0 Å². The summed E-state index contributed by atoms with van der Waals surface area (Å²) >= 11 is -1.75. The quantitative estimate of drug-likeness (QED) is 0.544. The summed E-state index contributed by atoms with van der Waals surface area (Å²) in [5, 5.41) is -0.271. The van der Waals surface area contributed by atoms with Gasteiger partial charge in [-0.2, -0.15) is 0 Å². The van der Waals surface area contributed by atoms with Crippen molar-refractivity contribution in [2.75, 3.05) is 0 Å². The van der Waals surface area contributed by atoms with E-state index >= 15 is 0 Å². The molecular formula is C6H9NO2S. The van der Waals surface area contributed by atoms with E-state index < -0.39 is 11.1 Å². The lowest BCUT2D eigenvalue weighted by molar-refractivity contribution is 0.556. The summed E-state index contributed by atoms with van der Waals surface area (Å²) in [6.07, 6.45) is 5.62. The van der Waals surface area contributed by atoms with Crippen molar-refractivity contribution < 1.29 is 8.76 Å². The average Bonchev–Trinajstić information content (AvgIpc) is 1.88. The second-order valence-corrected chi connectivity index (χ2v) is 3.27. The Morgan fingerprint density at radius 1 is 1.80 bits per heavy atom. The van der Waals surface area contributed by atoms with E-state index in [0.717, 1.165) is 0 Å². The second-order valence-electron chi connectivity index (χ2n) is 2.11. The lowest BCUT2D eigenvalue weighted by Gasteiger charge is -2.09. The average molecular weight is 159 g/mol. The van der Waals surface area contributed by atoms with E-state index in [4.69, 9.17) is 10.3 Å². The van der Waals surface area contributed by atoms with E-state index in [2.05, 4.69) is 0 Å². The molecule has 1 rings (SSSR count). The third-order valence-corrected chi connectivity index (χ3v) is 2.22. The zero-order chi connectivity index (χ0) is 7.56. The molecule has 0 bridgehead atoms. The molecule has 1 aliphatic rings. The molecule has 56 valence electrons. The van der Waals surface area contributed by atoms with Gasteiger partial charge < -0.3 is 10.3 Å². The van der Waals surface area contributed by atoms with Crippen LogP contribution in [0.4, 0.5) is 0 Å². The summed E-state index contributed by atoms with van der Waals surface area (Å²) in [5.41, 5.74) is 6.06. The molecule has 4 heteroatoms. The van der Waals surface area contributed by atoms with Gasteiger partial charge in [0.05, 0.1) is 5.25 Å². The van der Waals surface area contributed by atoms with Crippen LogP contribution in [0.1, 0.15) is 6.42 Å². The molecule has 0 heterocycles. The molecule has 2 atom stereocenters. The molecule has 0 saturated heterocycles. The molecule has 0 spiro atoms. The molecular weight excluding hydrogens is 150 g/mol. The first-order valence-corrected chi connectivity index (χ1v) is 4.10. The van der Waals surface area contributed by atoms with Gasteiger partial charge in [-0.05, 0) is 12.5 Å². The molecule has 1 aliphatic carbocycles. The van der Waals surface area contributed by atoms with Crippen LogP contribution in [0.2, 0.25) is 0 Å². The van der Waals surface area contributed by atoms with Crippen LogP contribution in [-0.2, 0) is 11.1 Å². The van der Waals surface area contributed by atoms with Crippen molar-refractivity contribution >= 4 is 11.1 Å². The Kier molecular flexibility index (Phi) is 2.24. The molecule has 0 aromatic heterocycles. The maximum absolute atomic E-state index is 10.5. The van der Waals surface area contributed by atoms with Crippen LogP contribution in [0.15, 0.2) is 23.9 Å². The van der Waals surface area contributed by atoms with Gasteiger partial charge in [-0.25, -0.2) is 4.21 Å². The molecule has 0 aromatic carbocycles. The smallest absolute Gasteiger partial charge is 0.160 e. The van der Waals surface area contributed by atoms with Crippen molar-refractivity contribution in [1.29, 1.82) is 0 Å². The van der Waals surface area contributed by atoms with Crippen LogP contribution in [0.25, 0.3) is 0 Å². The fourth-order valence-corrected chi connectivity index (χ4v) is 1.24. The summed E-state index contributed by atoms with van der Waals surface area (Å²) in [6.45, 7) is 0. The number of allylic oxidation sites excluding steroid dienone is 2. The van der Waals surface area contributed by atoms with E-state index in [1.54, 1.807) is 18.2 Å². The molecule has 0 amide bonds. The van der Waals surface area contributed by atoms with Crippen LogP contribution >= 0.6 is 0 Å². The number of nitrogens with two attached hydrogens (primary N) is 1. The molecule has 2 unspecified atom stereocenters. The zero-order valence-corrected chi connectivity index (χ0v) is 6.17. The molecule has 0 fully saturated rings. The van der Waals surface area contributed by atoms with E-state index in [0.29, 0.717) is 12.1 Å². The molecule has 3 nitrogen and oxygen atoms in total. The monoisotopic (exact) mass is 159 g/mol. The van der Waals surface area contributed by atoms with Crippen LogP contribution in [0.5, 0.6) is 0 Å². The minimum atomic E-state index is -1.75. The van der Waals surface area contributed by atoms with Gasteiger partial charge in [-0.1, -0.05) is 12.2 Å². The Labute approximate surface area is 61.9 Å². The maximum Gasteiger partial charge on any atom is 0.160 e. The summed E-state index contributed by atoms with van der Waals surface area (Å²) in [7, 11) is 0. The highest BCUT2D eigenvalue weighted by Gasteiger charge is 2.11. The fraction of sp³-hybridized carbons (Fsp3) is 0.333. The van der Waals surface area contributed by atoms with Crippen molar-refractivity contribution in [3.05, 3.63) is 23.9 Å². The highest BCUT2D eigenvalue weighted by atomic mass is 32.2. The molecule has 3 N–H and O–H groups in total. The van der Waals surface area contributed by atoms with Crippen LogP contribution < -0.4 is 5.73 Å². The first-order chi connectivity index (χ1) is 4.70. The predicted molar refractivity (Wildman–Crippen MR) is 40.6 cm³/mol. The second kappa shape index (κ2) is 2.98. The van der Waals surface area contributed by atoms with Crippen LogP contribution in [0.3, 0.4) is 0 Å². The maximum atomic E-state index is 10.5. The molecule has 0 saturated carbocycles. The Hall–Kier alpha value is -0.610. The van der Waals surface area contributed by atoms with Crippen molar-refractivity contribution in [1.82, 2.24) is 0 Å². The third kappa shape index (κ3) is 1.68. The first kappa shape index (κ1) is 7.50. The summed E-state index contributed by atoms with van der Waals surface area (Å²) in [5.74, 6) is 0. The Morgan fingerprint density at radius 3 is 2.90 bits per heavy atom. The Balaban J connectivity index is 2.60. The molecule has 0 radical (unpaired) electrons. The zero-order valence-electron chi connectivity index (χ0n) is 5.36. The molecule has 10 heavy (non-hydrogen) atoms. The number of hydrogen-bond donors (Lipinski definition) is 2. The van der Waals surface area contributed by atoms with Gasteiger partial charge in [0.15, 0.2) is 11.1 Å². The van der Waals surface area contributed by atoms with Gasteiger partial charge in [0.1, 0.15) is 0 Å². The minimum Gasteiger partial charge on any atom is -0.399 e. The highest BCUT2D eigenvalue weighted by molar-refractivity contribution is 7.80. The topological polar surface area (TPSA) is 63.3 Å². The third-order valence-electron chi connectivity index (χ3n) is 1.35. The van der Waals surface area contributed by atoms with E-state index in [1.807, 2.05) is 0 Å². The molecule has 0 aliphatic heterocycles. The lowest BCUT2D eigenvalue weighted by Crippen LogP contribution is -2.14. The standard InChI is InChI=1S/C6H9NO2S/c7-5-1-3-6(4-2-5)10(8)9/h1-3,6H,4,7H2,(H,8,9). The largest absolute Gasteiger partial charge is 0.399 e. The number of hydrogen-bond acceptors (Lipinski definition) is 2. The first-order valence-electron chi connectivity index (χ1n) is 2.93. The van der Waals surface area contributed by atoms with E-state index in [1.165, 1.54) is 0 Å².